The van der Waals surface area contributed by atoms with E-state index in [9.17, 15) is 0 Å². The van der Waals surface area contributed by atoms with Gasteiger partial charge in [-0.05, 0) is 11.6 Å². The molecule has 2 heteroatoms. The summed E-state index contributed by atoms with van der Waals surface area (Å²) >= 11 is 0. The summed E-state index contributed by atoms with van der Waals surface area (Å²) in [6, 6.07) is 8.21. The number of nitrogens with zero attached hydrogens (tertiary/aromatic N) is 2. The van der Waals surface area contributed by atoms with Crippen LogP contribution in [0, 0.1) is 0 Å². The van der Waals surface area contributed by atoms with Crippen LogP contribution in [0.2, 0.25) is 0 Å². The molecule has 1 aromatic carbocycles. The van der Waals surface area contributed by atoms with Crippen molar-refractivity contribution in [3.8, 4) is 0 Å². The SMILES string of the molecule is C=CCN1C=Nc2ccccc2C1. The van der Waals surface area contributed by atoms with Crippen LogP contribution in [0.5, 0.6) is 0 Å². The highest BCUT2D eigenvalue weighted by atomic mass is 15.2. The average Bonchev–Trinajstić information content (AvgIpc) is 2.18. The van der Waals surface area contributed by atoms with Crippen LogP contribution in [-0.4, -0.2) is 17.8 Å². The smallest absolute Gasteiger partial charge is 0.0918 e. The zero-order valence-electron chi connectivity index (χ0n) is 7.48. The Kier molecular flexibility index (Phi) is 2.13. The van der Waals surface area contributed by atoms with Gasteiger partial charge in [0.15, 0.2) is 0 Å². The summed E-state index contributed by atoms with van der Waals surface area (Å²) < 4.78 is 0. The minimum absolute atomic E-state index is 0.859. The minimum atomic E-state index is 0.859. The number of rotatable bonds is 2. The van der Waals surface area contributed by atoms with Crippen LogP contribution >= 0.6 is 0 Å². The van der Waals surface area contributed by atoms with Gasteiger partial charge in [-0.1, -0.05) is 24.3 Å². The van der Waals surface area contributed by atoms with Crippen molar-refractivity contribution in [2.75, 3.05) is 6.54 Å². The van der Waals surface area contributed by atoms with Crippen molar-refractivity contribution in [1.29, 1.82) is 0 Å². The van der Waals surface area contributed by atoms with Crippen LogP contribution in [0.3, 0.4) is 0 Å². The molecule has 0 spiro atoms. The third-order valence-electron chi connectivity index (χ3n) is 2.09. The fraction of sp³-hybridized carbons (Fsp3) is 0.182. The summed E-state index contributed by atoms with van der Waals surface area (Å²) in [4.78, 5) is 6.48. The lowest BCUT2D eigenvalue weighted by Gasteiger charge is -2.22. The monoisotopic (exact) mass is 172 g/mol. The standard InChI is InChI=1S/C11H12N2/c1-2-7-13-8-10-5-3-4-6-11(10)12-9-13/h2-6,9H,1,7-8H2. The maximum absolute atomic E-state index is 4.35. The van der Waals surface area contributed by atoms with Crippen LogP contribution in [-0.2, 0) is 6.54 Å². The van der Waals surface area contributed by atoms with Crippen molar-refractivity contribution in [1.82, 2.24) is 4.90 Å². The molecular weight excluding hydrogens is 160 g/mol. The van der Waals surface area contributed by atoms with Gasteiger partial charge >= 0.3 is 0 Å². The summed E-state index contributed by atoms with van der Waals surface area (Å²) in [6.45, 7) is 5.50. The van der Waals surface area contributed by atoms with E-state index in [1.54, 1.807) is 0 Å². The molecule has 0 saturated heterocycles. The van der Waals surface area contributed by atoms with Crippen LogP contribution in [0.4, 0.5) is 5.69 Å². The molecule has 0 N–H and O–H groups in total. The van der Waals surface area contributed by atoms with Crippen LogP contribution < -0.4 is 0 Å². The average molecular weight is 172 g/mol. The van der Waals surface area contributed by atoms with E-state index in [1.807, 2.05) is 30.6 Å². The molecule has 1 aliphatic heterocycles. The number of hydrogen-bond donors (Lipinski definition) is 0. The van der Waals surface area contributed by atoms with E-state index in [2.05, 4.69) is 22.5 Å². The number of fused-ring (bicyclic) bond motifs is 1. The van der Waals surface area contributed by atoms with Crippen molar-refractivity contribution in [2.24, 2.45) is 4.99 Å². The second-order valence-corrected chi connectivity index (χ2v) is 3.09. The van der Waals surface area contributed by atoms with E-state index in [-0.39, 0.29) is 0 Å². The van der Waals surface area contributed by atoms with Gasteiger partial charge in [0, 0.05) is 13.1 Å². The van der Waals surface area contributed by atoms with E-state index < -0.39 is 0 Å². The van der Waals surface area contributed by atoms with Gasteiger partial charge in [-0.3, -0.25) is 0 Å². The highest BCUT2D eigenvalue weighted by Gasteiger charge is 2.08. The molecule has 0 amide bonds. The molecule has 0 atom stereocenters. The zero-order valence-corrected chi connectivity index (χ0v) is 7.48. The summed E-state index contributed by atoms with van der Waals surface area (Å²) in [5.74, 6) is 0. The molecule has 0 aliphatic carbocycles. The Bertz CT molecular complexity index is 342. The van der Waals surface area contributed by atoms with Crippen molar-refractivity contribution >= 4 is 12.0 Å². The lowest BCUT2D eigenvalue weighted by molar-refractivity contribution is 0.465. The van der Waals surface area contributed by atoms with E-state index in [4.69, 9.17) is 0 Å². The second-order valence-electron chi connectivity index (χ2n) is 3.09. The van der Waals surface area contributed by atoms with E-state index >= 15 is 0 Å². The predicted octanol–water partition coefficient (Wildman–Crippen LogP) is 2.35. The third kappa shape index (κ3) is 1.61. The van der Waals surface area contributed by atoms with E-state index in [0.29, 0.717) is 0 Å². The molecule has 66 valence electrons. The van der Waals surface area contributed by atoms with E-state index in [1.165, 1.54) is 5.56 Å². The van der Waals surface area contributed by atoms with Gasteiger partial charge in [-0.25, -0.2) is 4.99 Å². The third-order valence-corrected chi connectivity index (χ3v) is 2.09. The molecular formula is C11H12N2. The molecule has 1 aromatic rings. The quantitative estimate of drug-likeness (QED) is 0.625. The number of hydrogen-bond acceptors (Lipinski definition) is 2. The van der Waals surface area contributed by atoms with E-state index in [0.717, 1.165) is 18.8 Å². The molecule has 2 rings (SSSR count). The summed E-state index contributed by atoms with van der Waals surface area (Å²) in [5, 5.41) is 0. The van der Waals surface area contributed by atoms with Gasteiger partial charge in [0.2, 0.25) is 0 Å². The van der Waals surface area contributed by atoms with Crippen molar-refractivity contribution in [3.63, 3.8) is 0 Å². The molecule has 0 radical (unpaired) electrons. The molecule has 0 saturated carbocycles. The summed E-state index contributed by atoms with van der Waals surface area (Å²) in [5.41, 5.74) is 2.37. The number of para-hydroxylation sites is 1. The first-order valence-corrected chi connectivity index (χ1v) is 4.37. The Hall–Kier alpha value is -1.57. The molecule has 1 aliphatic rings. The lowest BCUT2D eigenvalue weighted by Crippen LogP contribution is -2.23. The first kappa shape index (κ1) is 8.05. The Labute approximate surface area is 78.2 Å². The summed E-state index contributed by atoms with van der Waals surface area (Å²) in [6.07, 6.45) is 3.77. The number of benzene rings is 1. The normalized spacial score (nSPS) is 14.0. The van der Waals surface area contributed by atoms with Crippen molar-refractivity contribution < 1.29 is 0 Å². The van der Waals surface area contributed by atoms with Crippen LogP contribution in [0.1, 0.15) is 5.56 Å². The molecule has 1 heterocycles. The van der Waals surface area contributed by atoms with Gasteiger partial charge in [0.25, 0.3) is 0 Å². The minimum Gasteiger partial charge on any atom is -0.354 e. The molecule has 13 heavy (non-hydrogen) atoms. The second kappa shape index (κ2) is 3.44. The maximum atomic E-state index is 4.35. The Morgan fingerprint density at radius 2 is 2.31 bits per heavy atom. The molecule has 0 aromatic heterocycles. The fourth-order valence-corrected chi connectivity index (χ4v) is 1.45. The summed E-state index contributed by atoms with van der Waals surface area (Å²) in [7, 11) is 0. The largest absolute Gasteiger partial charge is 0.354 e. The molecule has 0 bridgehead atoms. The van der Waals surface area contributed by atoms with Crippen LogP contribution in [0.25, 0.3) is 0 Å². The van der Waals surface area contributed by atoms with Crippen LogP contribution in [0.15, 0.2) is 41.9 Å². The molecule has 0 fully saturated rings. The fourth-order valence-electron chi connectivity index (χ4n) is 1.45. The van der Waals surface area contributed by atoms with Gasteiger partial charge < -0.3 is 4.90 Å². The van der Waals surface area contributed by atoms with Gasteiger partial charge in [-0.2, -0.15) is 0 Å². The lowest BCUT2D eigenvalue weighted by atomic mass is 10.1. The maximum Gasteiger partial charge on any atom is 0.0918 e. The first-order chi connectivity index (χ1) is 6.40. The number of aliphatic imine (C=N–C) groups is 1. The highest BCUT2D eigenvalue weighted by Crippen LogP contribution is 2.22. The Morgan fingerprint density at radius 1 is 1.46 bits per heavy atom. The van der Waals surface area contributed by atoms with Gasteiger partial charge in [0.05, 0.1) is 12.0 Å². The first-order valence-electron chi connectivity index (χ1n) is 4.37. The van der Waals surface area contributed by atoms with Crippen molar-refractivity contribution in [2.45, 2.75) is 6.54 Å². The van der Waals surface area contributed by atoms with Gasteiger partial charge in [-0.15, -0.1) is 6.58 Å². The Morgan fingerprint density at radius 3 is 3.15 bits per heavy atom. The zero-order chi connectivity index (χ0) is 9.10. The highest BCUT2D eigenvalue weighted by molar-refractivity contribution is 5.66. The Balaban J connectivity index is 2.23. The molecule has 2 nitrogen and oxygen atoms in total. The van der Waals surface area contributed by atoms with Gasteiger partial charge in [0.1, 0.15) is 0 Å². The van der Waals surface area contributed by atoms with Crippen molar-refractivity contribution in [3.05, 3.63) is 42.5 Å². The predicted molar refractivity (Wildman–Crippen MR) is 55.2 cm³/mol. The topological polar surface area (TPSA) is 15.6 Å². The molecule has 0 unspecified atom stereocenters.